The monoisotopic (exact) mass is 543 g/mol. The van der Waals surface area contributed by atoms with Crippen LogP contribution in [0, 0.1) is 0 Å². The van der Waals surface area contributed by atoms with E-state index in [9.17, 15) is 4.21 Å². The zero-order valence-corrected chi connectivity index (χ0v) is 21.5. The first kappa shape index (κ1) is 24.8. The maximum absolute atomic E-state index is 12.2. The van der Waals surface area contributed by atoms with E-state index in [-0.39, 0.29) is 24.0 Å². The van der Waals surface area contributed by atoms with Crippen LogP contribution in [0.25, 0.3) is 10.9 Å². The van der Waals surface area contributed by atoms with Crippen LogP contribution in [0.3, 0.4) is 0 Å². The molecule has 1 saturated carbocycles. The molecule has 0 saturated heterocycles. The minimum Gasteiger partial charge on any atom is -0.363 e. The van der Waals surface area contributed by atoms with Crippen LogP contribution in [0.1, 0.15) is 38.2 Å². The molecule has 3 rings (SSSR count). The lowest BCUT2D eigenvalue weighted by Gasteiger charge is -2.30. The van der Waals surface area contributed by atoms with E-state index in [2.05, 4.69) is 33.8 Å². The molecule has 2 N–H and O–H groups in total. The Kier molecular flexibility index (Phi) is 9.80. The Morgan fingerprint density at radius 3 is 2.77 bits per heavy atom. The largest absolute Gasteiger partial charge is 0.363 e. The number of guanidine groups is 1. The van der Waals surface area contributed by atoms with Gasteiger partial charge in [-0.1, -0.05) is 31.5 Å². The van der Waals surface area contributed by atoms with E-state index >= 15 is 0 Å². The average Bonchev–Trinajstić information content (AvgIpc) is 2.75. The summed E-state index contributed by atoms with van der Waals surface area (Å²) in [6.45, 7) is 2.68. The van der Waals surface area contributed by atoms with Crippen molar-refractivity contribution < 1.29 is 4.21 Å². The molecule has 1 heterocycles. The Hall–Kier alpha value is -1.42. The van der Waals surface area contributed by atoms with Crippen LogP contribution in [-0.2, 0) is 17.3 Å². The van der Waals surface area contributed by atoms with Crippen molar-refractivity contribution in [2.24, 2.45) is 4.99 Å². The molecule has 30 heavy (non-hydrogen) atoms. The van der Waals surface area contributed by atoms with E-state index in [0.717, 1.165) is 54.1 Å². The van der Waals surface area contributed by atoms with E-state index in [1.807, 2.05) is 38.1 Å². The number of fused-ring (bicyclic) bond motifs is 1. The van der Waals surface area contributed by atoms with E-state index in [1.54, 1.807) is 7.05 Å². The summed E-state index contributed by atoms with van der Waals surface area (Å²) in [5.74, 6) is 2.49. The number of para-hydroxylation sites is 1. The van der Waals surface area contributed by atoms with Crippen LogP contribution in [0.2, 0.25) is 0 Å². The predicted octanol–water partition coefficient (Wildman–Crippen LogP) is 3.66. The molecule has 1 fully saturated rings. The third kappa shape index (κ3) is 6.29. The summed E-state index contributed by atoms with van der Waals surface area (Å²) in [7, 11) is 5.10. The van der Waals surface area contributed by atoms with Gasteiger partial charge in [0.2, 0.25) is 0 Å². The number of halogens is 1. The van der Waals surface area contributed by atoms with Crippen LogP contribution in [0.4, 0.5) is 5.82 Å². The number of rotatable bonds is 6. The van der Waals surface area contributed by atoms with Gasteiger partial charge in [0.05, 0.1) is 5.52 Å². The summed E-state index contributed by atoms with van der Waals surface area (Å²) >= 11 is 0. The number of pyridine rings is 1. The minimum atomic E-state index is -0.719. The van der Waals surface area contributed by atoms with Crippen molar-refractivity contribution in [3.63, 3.8) is 0 Å². The standard InChI is InChI=1S/C22H33N5OS.HI/c1-5-29(28)18-10-8-9-17(14-18)25-22(23-2)24-15-16-13-21(27(3)4)26-20-12-7-6-11-19(16)20;/h6-7,11-13,17-18H,5,8-10,14-15H2,1-4H3,(H2,23,24,25);1H. The summed E-state index contributed by atoms with van der Waals surface area (Å²) in [4.78, 5) is 11.2. The quantitative estimate of drug-likeness (QED) is 0.331. The molecule has 2 aromatic rings. The number of hydrogen-bond donors (Lipinski definition) is 2. The van der Waals surface area contributed by atoms with Crippen molar-refractivity contribution in [1.29, 1.82) is 0 Å². The molecule has 0 aliphatic heterocycles. The molecular weight excluding hydrogens is 509 g/mol. The SMILES string of the molecule is CCS(=O)C1CCCC(NC(=NC)NCc2cc(N(C)C)nc3ccccc23)C1.I. The van der Waals surface area contributed by atoms with E-state index in [4.69, 9.17) is 4.98 Å². The second-order valence-corrected chi connectivity index (χ2v) is 9.78. The fourth-order valence-corrected chi connectivity index (χ4v) is 5.27. The molecule has 6 nitrogen and oxygen atoms in total. The van der Waals surface area contributed by atoms with Crippen molar-refractivity contribution >= 4 is 57.5 Å². The Morgan fingerprint density at radius 2 is 2.07 bits per heavy atom. The summed E-state index contributed by atoms with van der Waals surface area (Å²) in [6.07, 6.45) is 4.23. The number of anilines is 1. The molecule has 3 atom stereocenters. The fraction of sp³-hybridized carbons (Fsp3) is 0.545. The van der Waals surface area contributed by atoms with Gasteiger partial charge in [0.25, 0.3) is 0 Å². The van der Waals surface area contributed by atoms with Crippen LogP contribution in [-0.4, -0.2) is 53.3 Å². The first-order chi connectivity index (χ1) is 14.0. The Labute approximate surface area is 199 Å². The zero-order chi connectivity index (χ0) is 20.8. The molecule has 8 heteroatoms. The lowest BCUT2D eigenvalue weighted by atomic mass is 9.95. The molecule has 0 amide bonds. The molecule has 0 radical (unpaired) electrons. The number of hydrogen-bond acceptors (Lipinski definition) is 4. The number of aliphatic imine (C=N–C) groups is 1. The Balaban J connectivity index is 0.00000320. The summed E-state index contributed by atoms with van der Waals surface area (Å²) in [5.41, 5.74) is 2.19. The molecule has 0 spiro atoms. The van der Waals surface area contributed by atoms with Crippen LogP contribution >= 0.6 is 24.0 Å². The van der Waals surface area contributed by atoms with Crippen LogP contribution in [0.15, 0.2) is 35.3 Å². The highest BCUT2D eigenvalue weighted by molar-refractivity contribution is 14.0. The summed E-state index contributed by atoms with van der Waals surface area (Å²) < 4.78 is 12.2. The Morgan fingerprint density at radius 1 is 1.30 bits per heavy atom. The van der Waals surface area contributed by atoms with Crippen LogP contribution in [0.5, 0.6) is 0 Å². The highest BCUT2D eigenvalue weighted by Crippen LogP contribution is 2.24. The topological polar surface area (TPSA) is 69.6 Å². The van der Waals surface area contributed by atoms with Crippen molar-refractivity contribution in [2.45, 2.75) is 50.4 Å². The highest BCUT2D eigenvalue weighted by atomic mass is 127. The maximum atomic E-state index is 12.2. The van der Waals surface area contributed by atoms with Gasteiger partial charge in [0.1, 0.15) is 5.82 Å². The number of benzene rings is 1. The lowest BCUT2D eigenvalue weighted by Crippen LogP contribution is -2.46. The van der Waals surface area contributed by atoms with Gasteiger partial charge in [0, 0.05) is 60.9 Å². The molecule has 1 aliphatic rings. The minimum absolute atomic E-state index is 0. The highest BCUT2D eigenvalue weighted by Gasteiger charge is 2.26. The van der Waals surface area contributed by atoms with Gasteiger partial charge in [-0.05, 0) is 37.0 Å². The number of nitrogens with one attached hydrogen (secondary N) is 2. The van der Waals surface area contributed by atoms with Crippen molar-refractivity contribution in [3.05, 3.63) is 35.9 Å². The van der Waals surface area contributed by atoms with E-state index in [1.165, 1.54) is 5.56 Å². The van der Waals surface area contributed by atoms with Gasteiger partial charge in [-0.3, -0.25) is 9.20 Å². The summed E-state index contributed by atoms with van der Waals surface area (Å²) in [6, 6.07) is 10.7. The average molecular weight is 544 g/mol. The van der Waals surface area contributed by atoms with Gasteiger partial charge in [-0.2, -0.15) is 0 Å². The molecule has 1 aliphatic carbocycles. The number of nitrogens with zero attached hydrogens (tertiary/aromatic N) is 3. The maximum Gasteiger partial charge on any atom is 0.191 e. The molecule has 0 bridgehead atoms. The second kappa shape index (κ2) is 11.8. The third-order valence-corrected chi connectivity index (χ3v) is 7.28. The molecule has 166 valence electrons. The molecule has 1 aromatic carbocycles. The van der Waals surface area contributed by atoms with Crippen LogP contribution < -0.4 is 15.5 Å². The number of aromatic nitrogens is 1. The predicted molar refractivity (Wildman–Crippen MR) is 140 cm³/mol. The lowest BCUT2D eigenvalue weighted by molar-refractivity contribution is 0.413. The normalized spacial score (nSPS) is 20.3. The van der Waals surface area contributed by atoms with Crippen molar-refractivity contribution in [3.8, 4) is 0 Å². The molecular formula is C22H34IN5OS. The van der Waals surface area contributed by atoms with E-state index in [0.29, 0.717) is 17.8 Å². The second-order valence-electron chi connectivity index (χ2n) is 7.78. The van der Waals surface area contributed by atoms with Gasteiger partial charge in [0.15, 0.2) is 5.96 Å². The molecule has 3 unspecified atom stereocenters. The first-order valence-corrected chi connectivity index (χ1v) is 11.8. The smallest absolute Gasteiger partial charge is 0.191 e. The van der Waals surface area contributed by atoms with E-state index < -0.39 is 10.8 Å². The van der Waals surface area contributed by atoms with Gasteiger partial charge < -0.3 is 15.5 Å². The van der Waals surface area contributed by atoms with Gasteiger partial charge in [-0.25, -0.2) is 4.98 Å². The van der Waals surface area contributed by atoms with Gasteiger partial charge >= 0.3 is 0 Å². The molecule has 1 aromatic heterocycles. The van der Waals surface area contributed by atoms with Gasteiger partial charge in [-0.15, -0.1) is 24.0 Å². The van der Waals surface area contributed by atoms with Crippen molar-refractivity contribution in [1.82, 2.24) is 15.6 Å². The fourth-order valence-electron chi connectivity index (χ4n) is 3.92. The third-order valence-electron chi connectivity index (χ3n) is 5.54. The van der Waals surface area contributed by atoms with Crippen molar-refractivity contribution in [2.75, 3.05) is 31.8 Å². The zero-order valence-electron chi connectivity index (χ0n) is 18.4. The summed E-state index contributed by atoms with van der Waals surface area (Å²) in [5, 5.41) is 8.47. The first-order valence-electron chi connectivity index (χ1n) is 10.4. The Bertz CT molecular complexity index is 889.